The normalized spacial score (nSPS) is 17.7. The highest BCUT2D eigenvalue weighted by Gasteiger charge is 2.44. The minimum absolute atomic E-state index is 0.0437. The summed E-state index contributed by atoms with van der Waals surface area (Å²) in [7, 11) is -4.17. The first-order chi connectivity index (χ1) is 19.5. The Bertz CT molecular complexity index is 1450. The van der Waals surface area contributed by atoms with Crippen LogP contribution in [0.2, 0.25) is 0 Å². The number of amides is 3. The number of sulfonamides is 1. The maximum Gasteiger partial charge on any atom is 0.411 e. The zero-order valence-corrected chi connectivity index (χ0v) is 24.9. The van der Waals surface area contributed by atoms with Gasteiger partial charge in [-0.1, -0.05) is 6.92 Å². The van der Waals surface area contributed by atoms with E-state index in [1.54, 1.807) is 20.8 Å². The van der Waals surface area contributed by atoms with E-state index in [-0.39, 0.29) is 47.6 Å². The van der Waals surface area contributed by atoms with Crippen LogP contribution in [0.4, 0.5) is 25.4 Å². The molecule has 12 nitrogen and oxygen atoms in total. The summed E-state index contributed by atoms with van der Waals surface area (Å²) in [5.41, 5.74) is -0.660. The predicted molar refractivity (Wildman–Crippen MR) is 151 cm³/mol. The Labute approximate surface area is 244 Å². The highest BCUT2D eigenvalue weighted by Crippen LogP contribution is 2.39. The second-order valence-electron chi connectivity index (χ2n) is 11.7. The van der Waals surface area contributed by atoms with Gasteiger partial charge in [0.05, 0.1) is 23.7 Å². The van der Waals surface area contributed by atoms with Gasteiger partial charge in [-0.05, 0) is 63.2 Å². The molecule has 2 N–H and O–H groups in total. The monoisotopic (exact) mass is 606 g/mol. The molecule has 1 saturated heterocycles. The third-order valence-corrected chi connectivity index (χ3v) is 8.26. The van der Waals surface area contributed by atoms with Crippen LogP contribution in [0.1, 0.15) is 34.6 Å². The van der Waals surface area contributed by atoms with Crippen molar-refractivity contribution >= 4 is 39.5 Å². The number of halogens is 1. The van der Waals surface area contributed by atoms with Gasteiger partial charge in [-0.2, -0.15) is 0 Å². The van der Waals surface area contributed by atoms with Gasteiger partial charge in [-0.25, -0.2) is 22.4 Å². The van der Waals surface area contributed by atoms with Crippen molar-refractivity contribution in [2.24, 2.45) is 5.41 Å². The van der Waals surface area contributed by atoms with E-state index in [0.29, 0.717) is 13.1 Å². The lowest BCUT2D eigenvalue weighted by atomic mass is 9.83. The van der Waals surface area contributed by atoms with Gasteiger partial charge in [-0.15, -0.1) is 0 Å². The number of benzene rings is 2. The lowest BCUT2D eigenvalue weighted by molar-refractivity contribution is -0.119. The van der Waals surface area contributed by atoms with Crippen molar-refractivity contribution in [3.8, 4) is 5.75 Å². The number of hydrogen-bond acceptors (Lipinski definition) is 8. The van der Waals surface area contributed by atoms with E-state index in [4.69, 9.17) is 14.2 Å². The van der Waals surface area contributed by atoms with E-state index in [1.807, 2.05) is 6.92 Å². The number of ether oxygens (including phenoxy) is 3. The topological polar surface area (TPSA) is 144 Å². The molecule has 0 radical (unpaired) electrons. The standard InChI is InChI=1S/C28H35FN4O8S/c1-18(34)30-13-21-14-33(42(37,38)22-9-6-19(29)7-10-22)23-12-20(8-11-24(23)40-21)31-25(35)39-17-28(5)15-32(16-28)26(36)41-27(2,3)4/h6-12,21H,13-17H2,1-5H3,(H,30,34)(H,31,35). The quantitative estimate of drug-likeness (QED) is 0.486. The first kappa shape index (κ1) is 30.9. The van der Waals surface area contributed by atoms with Crippen LogP contribution < -0.4 is 19.7 Å². The molecule has 2 aliphatic rings. The number of likely N-dealkylation sites (tertiary alicyclic amines) is 1. The lowest BCUT2D eigenvalue weighted by Crippen LogP contribution is -2.60. The van der Waals surface area contributed by atoms with Crippen LogP contribution >= 0.6 is 0 Å². The molecule has 2 heterocycles. The van der Waals surface area contributed by atoms with E-state index in [9.17, 15) is 27.2 Å². The molecule has 0 saturated carbocycles. The van der Waals surface area contributed by atoms with Gasteiger partial charge in [0.1, 0.15) is 29.9 Å². The molecule has 228 valence electrons. The summed E-state index contributed by atoms with van der Waals surface area (Å²) < 4.78 is 58.5. The second kappa shape index (κ2) is 11.7. The Balaban J connectivity index is 1.45. The smallest absolute Gasteiger partial charge is 0.411 e. The van der Waals surface area contributed by atoms with Gasteiger partial charge >= 0.3 is 12.2 Å². The summed E-state index contributed by atoms with van der Waals surface area (Å²) in [6, 6.07) is 8.88. The molecular formula is C28H35FN4O8S. The molecule has 2 aromatic rings. The van der Waals surface area contributed by atoms with Crippen molar-refractivity contribution in [3.05, 3.63) is 48.3 Å². The molecule has 1 atom stereocenters. The van der Waals surface area contributed by atoms with Crippen molar-refractivity contribution in [3.63, 3.8) is 0 Å². The Morgan fingerprint density at radius 2 is 1.79 bits per heavy atom. The van der Waals surface area contributed by atoms with E-state index < -0.39 is 45.1 Å². The van der Waals surface area contributed by atoms with Gasteiger partial charge in [0, 0.05) is 31.1 Å². The van der Waals surface area contributed by atoms with Crippen LogP contribution in [0.5, 0.6) is 5.75 Å². The molecular weight excluding hydrogens is 571 g/mol. The van der Waals surface area contributed by atoms with Crippen molar-refractivity contribution in [1.29, 1.82) is 0 Å². The van der Waals surface area contributed by atoms with Crippen LogP contribution in [0.25, 0.3) is 0 Å². The second-order valence-corrected chi connectivity index (χ2v) is 13.6. The van der Waals surface area contributed by atoms with Crippen molar-refractivity contribution in [2.45, 2.75) is 51.2 Å². The fourth-order valence-electron chi connectivity index (χ4n) is 4.53. The number of hydrogen-bond donors (Lipinski definition) is 2. The number of fused-ring (bicyclic) bond motifs is 1. The largest absolute Gasteiger partial charge is 0.484 e. The first-order valence-electron chi connectivity index (χ1n) is 13.3. The zero-order chi connectivity index (χ0) is 30.9. The number of carbonyl (C=O) groups is 3. The highest BCUT2D eigenvalue weighted by molar-refractivity contribution is 7.92. The van der Waals surface area contributed by atoms with Gasteiger partial charge in [0.25, 0.3) is 10.0 Å². The maximum atomic E-state index is 13.6. The van der Waals surface area contributed by atoms with Gasteiger partial charge in [-0.3, -0.25) is 14.4 Å². The SMILES string of the molecule is CC(=O)NCC1CN(S(=O)(=O)c2ccc(F)cc2)c2cc(NC(=O)OCC3(C)CN(C(=O)OC(C)(C)C)C3)ccc2O1. The summed E-state index contributed by atoms with van der Waals surface area (Å²) in [6.07, 6.45) is -1.90. The van der Waals surface area contributed by atoms with Crippen LogP contribution in [-0.2, 0) is 24.3 Å². The van der Waals surface area contributed by atoms with E-state index in [0.717, 1.165) is 28.6 Å². The Morgan fingerprint density at radius 3 is 2.40 bits per heavy atom. The summed E-state index contributed by atoms with van der Waals surface area (Å²) >= 11 is 0. The molecule has 1 fully saturated rings. The van der Waals surface area contributed by atoms with Gasteiger partial charge < -0.3 is 24.4 Å². The fourth-order valence-corrected chi connectivity index (χ4v) is 6.03. The molecule has 0 bridgehead atoms. The Hall–Kier alpha value is -4.07. The molecule has 0 spiro atoms. The minimum Gasteiger partial charge on any atom is -0.484 e. The zero-order valence-electron chi connectivity index (χ0n) is 24.1. The molecule has 2 aromatic carbocycles. The maximum absolute atomic E-state index is 13.6. The number of rotatable bonds is 7. The molecule has 0 aliphatic carbocycles. The summed E-state index contributed by atoms with van der Waals surface area (Å²) in [4.78, 5) is 37.7. The number of nitrogens with one attached hydrogen (secondary N) is 2. The van der Waals surface area contributed by atoms with Crippen molar-refractivity contribution < 1.29 is 41.4 Å². The van der Waals surface area contributed by atoms with Crippen LogP contribution in [0, 0.1) is 11.2 Å². The van der Waals surface area contributed by atoms with Gasteiger partial charge in [0.2, 0.25) is 5.91 Å². The van der Waals surface area contributed by atoms with E-state index >= 15 is 0 Å². The number of anilines is 2. The van der Waals surface area contributed by atoms with Crippen LogP contribution in [0.3, 0.4) is 0 Å². The third-order valence-electron chi connectivity index (χ3n) is 6.47. The summed E-state index contributed by atoms with van der Waals surface area (Å²) in [5.74, 6) is -0.674. The number of carbonyl (C=O) groups excluding carboxylic acids is 3. The summed E-state index contributed by atoms with van der Waals surface area (Å²) in [6.45, 7) is 9.25. The molecule has 14 heteroatoms. The summed E-state index contributed by atoms with van der Waals surface area (Å²) in [5, 5.41) is 5.22. The third kappa shape index (κ3) is 7.41. The lowest BCUT2D eigenvalue weighted by Gasteiger charge is -2.47. The molecule has 3 amide bonds. The molecule has 2 aliphatic heterocycles. The highest BCUT2D eigenvalue weighted by atomic mass is 32.2. The van der Waals surface area contributed by atoms with E-state index in [1.165, 1.54) is 30.0 Å². The first-order valence-corrected chi connectivity index (χ1v) is 14.7. The average Bonchev–Trinajstić information content (AvgIpc) is 2.88. The Morgan fingerprint density at radius 1 is 1.12 bits per heavy atom. The average molecular weight is 607 g/mol. The van der Waals surface area contributed by atoms with Gasteiger partial charge in [0.15, 0.2) is 0 Å². The fraction of sp³-hybridized carbons (Fsp3) is 0.464. The molecule has 4 rings (SSSR count). The predicted octanol–water partition coefficient (Wildman–Crippen LogP) is 3.72. The minimum atomic E-state index is -4.17. The molecule has 1 unspecified atom stereocenters. The molecule has 42 heavy (non-hydrogen) atoms. The molecule has 0 aromatic heterocycles. The number of nitrogens with zero attached hydrogens (tertiary/aromatic N) is 2. The van der Waals surface area contributed by atoms with Crippen molar-refractivity contribution in [2.75, 3.05) is 42.4 Å². The van der Waals surface area contributed by atoms with Crippen molar-refractivity contribution in [1.82, 2.24) is 10.2 Å². The Kier molecular flexibility index (Phi) is 8.58. The van der Waals surface area contributed by atoms with E-state index in [2.05, 4.69) is 10.6 Å². The van der Waals surface area contributed by atoms with Crippen LogP contribution in [0.15, 0.2) is 47.4 Å². The van der Waals surface area contributed by atoms with Crippen LogP contribution in [-0.4, -0.2) is 75.9 Å².